The lowest BCUT2D eigenvalue weighted by Crippen LogP contribution is -2.01. The fraction of sp³-hybridized carbons (Fsp3) is 0.727. The van der Waals surface area contributed by atoms with E-state index in [0.717, 1.165) is 18.8 Å². The fourth-order valence-electron chi connectivity index (χ4n) is 1.36. The molecule has 13 heavy (non-hydrogen) atoms. The van der Waals surface area contributed by atoms with Crippen LogP contribution in [-0.2, 0) is 9.53 Å². The normalized spacial score (nSPS) is 23.0. The van der Waals surface area contributed by atoms with Gasteiger partial charge in [0, 0.05) is 6.42 Å². The van der Waals surface area contributed by atoms with Crippen LogP contribution in [0.15, 0.2) is 12.2 Å². The van der Waals surface area contributed by atoms with Crippen LogP contribution in [0.1, 0.15) is 39.5 Å². The summed E-state index contributed by atoms with van der Waals surface area (Å²) >= 11 is 0. The van der Waals surface area contributed by atoms with Crippen LogP contribution < -0.4 is 0 Å². The molecule has 0 radical (unpaired) electrons. The first-order valence-corrected chi connectivity index (χ1v) is 5.04. The van der Waals surface area contributed by atoms with Gasteiger partial charge in [0.2, 0.25) is 0 Å². The largest absolute Gasteiger partial charge is 0.458 e. The van der Waals surface area contributed by atoms with Gasteiger partial charge in [-0.2, -0.15) is 0 Å². The summed E-state index contributed by atoms with van der Waals surface area (Å²) < 4.78 is 5.04. The van der Waals surface area contributed by atoms with E-state index in [9.17, 15) is 4.79 Å². The summed E-state index contributed by atoms with van der Waals surface area (Å²) in [5.41, 5.74) is 0. The predicted molar refractivity (Wildman–Crippen MR) is 52.3 cm³/mol. The van der Waals surface area contributed by atoms with E-state index in [2.05, 4.69) is 19.9 Å². The fourth-order valence-corrected chi connectivity index (χ4v) is 1.36. The second-order valence-corrected chi connectivity index (χ2v) is 3.97. The zero-order chi connectivity index (χ0) is 9.68. The van der Waals surface area contributed by atoms with E-state index >= 15 is 0 Å². The maximum absolute atomic E-state index is 10.7. The second-order valence-electron chi connectivity index (χ2n) is 3.97. The highest BCUT2D eigenvalue weighted by Gasteiger charge is 2.19. The lowest BCUT2D eigenvalue weighted by Gasteiger charge is -2.02. The third-order valence-corrected chi connectivity index (χ3v) is 2.18. The Balaban J connectivity index is 2.13. The molecule has 1 atom stereocenters. The van der Waals surface area contributed by atoms with Gasteiger partial charge in [-0.15, -0.1) is 0 Å². The number of esters is 1. The topological polar surface area (TPSA) is 26.3 Å². The van der Waals surface area contributed by atoms with Crippen molar-refractivity contribution in [2.75, 3.05) is 0 Å². The summed E-state index contributed by atoms with van der Waals surface area (Å²) in [6, 6.07) is 0. The molecule has 1 aliphatic rings. The lowest BCUT2D eigenvalue weighted by atomic mass is 10.1. The van der Waals surface area contributed by atoms with Gasteiger partial charge in [0.1, 0.15) is 6.10 Å². The number of carbonyl (C=O) groups excluding carboxylic acids is 1. The van der Waals surface area contributed by atoms with E-state index in [-0.39, 0.29) is 12.1 Å². The zero-order valence-electron chi connectivity index (χ0n) is 8.45. The lowest BCUT2D eigenvalue weighted by molar-refractivity contribution is -0.139. The van der Waals surface area contributed by atoms with Crippen LogP contribution in [0.5, 0.6) is 0 Å². The zero-order valence-corrected chi connectivity index (χ0v) is 8.45. The number of allylic oxidation sites excluding steroid dienone is 1. The molecule has 0 aromatic rings. The highest BCUT2D eigenvalue weighted by molar-refractivity contribution is 5.71. The number of ether oxygens (including phenoxy) is 1. The maximum Gasteiger partial charge on any atom is 0.306 e. The number of rotatable bonds is 4. The van der Waals surface area contributed by atoms with Crippen LogP contribution in [0.3, 0.4) is 0 Å². The summed E-state index contributed by atoms with van der Waals surface area (Å²) in [4.78, 5) is 10.7. The van der Waals surface area contributed by atoms with Crippen molar-refractivity contribution < 1.29 is 9.53 Å². The molecule has 0 saturated carbocycles. The number of carbonyl (C=O) groups is 1. The smallest absolute Gasteiger partial charge is 0.306 e. The molecule has 0 N–H and O–H groups in total. The molecule has 2 nitrogen and oxygen atoms in total. The quantitative estimate of drug-likeness (QED) is 0.493. The summed E-state index contributed by atoms with van der Waals surface area (Å²) in [7, 11) is 0. The van der Waals surface area contributed by atoms with E-state index in [1.54, 1.807) is 0 Å². The highest BCUT2D eigenvalue weighted by Crippen LogP contribution is 2.15. The van der Waals surface area contributed by atoms with Crippen molar-refractivity contribution in [1.82, 2.24) is 0 Å². The minimum atomic E-state index is -0.0569. The Morgan fingerprint density at radius 1 is 1.62 bits per heavy atom. The molecule has 1 fully saturated rings. The summed E-state index contributed by atoms with van der Waals surface area (Å²) in [5, 5.41) is 0. The van der Waals surface area contributed by atoms with E-state index in [0.29, 0.717) is 6.42 Å². The minimum absolute atomic E-state index is 0.0552. The monoisotopic (exact) mass is 182 g/mol. The Morgan fingerprint density at radius 2 is 2.38 bits per heavy atom. The summed E-state index contributed by atoms with van der Waals surface area (Å²) in [6.07, 6.45) is 7.94. The highest BCUT2D eigenvalue weighted by atomic mass is 16.5. The van der Waals surface area contributed by atoms with E-state index in [1.807, 2.05) is 6.08 Å². The second kappa shape index (κ2) is 5.05. The Hall–Kier alpha value is -0.790. The first-order chi connectivity index (χ1) is 6.18. The molecule has 0 bridgehead atoms. The summed E-state index contributed by atoms with van der Waals surface area (Å²) in [6.45, 7) is 4.42. The van der Waals surface area contributed by atoms with Gasteiger partial charge >= 0.3 is 5.97 Å². The van der Waals surface area contributed by atoms with Crippen LogP contribution in [0, 0.1) is 5.92 Å². The van der Waals surface area contributed by atoms with Crippen molar-refractivity contribution in [1.29, 1.82) is 0 Å². The standard InChI is InChI=1S/C11H18O2/c1-9(2)5-3-4-6-10-7-8-11(12)13-10/h4,6,9-10H,3,5,7-8H2,1-2H3. The van der Waals surface area contributed by atoms with Gasteiger partial charge in [-0.3, -0.25) is 4.79 Å². The molecule has 2 heteroatoms. The molecule has 0 amide bonds. The first-order valence-electron chi connectivity index (χ1n) is 5.04. The van der Waals surface area contributed by atoms with Crippen molar-refractivity contribution >= 4 is 5.97 Å². The molecule has 1 rings (SSSR count). The Labute approximate surface area is 80.0 Å². The van der Waals surface area contributed by atoms with Crippen molar-refractivity contribution in [2.24, 2.45) is 5.92 Å². The van der Waals surface area contributed by atoms with Gasteiger partial charge in [0.05, 0.1) is 0 Å². The number of cyclic esters (lactones) is 1. The van der Waals surface area contributed by atoms with Crippen LogP contribution in [-0.4, -0.2) is 12.1 Å². The van der Waals surface area contributed by atoms with Crippen molar-refractivity contribution in [3.63, 3.8) is 0 Å². The molecular formula is C11H18O2. The molecule has 74 valence electrons. The van der Waals surface area contributed by atoms with Crippen molar-refractivity contribution in [3.8, 4) is 0 Å². The SMILES string of the molecule is CC(C)CCC=CC1CCC(=O)O1. The average molecular weight is 182 g/mol. The third-order valence-electron chi connectivity index (χ3n) is 2.18. The van der Waals surface area contributed by atoms with Gasteiger partial charge in [-0.05, 0) is 31.3 Å². The van der Waals surface area contributed by atoms with Crippen molar-refractivity contribution in [2.45, 2.75) is 45.6 Å². The van der Waals surface area contributed by atoms with Gasteiger partial charge < -0.3 is 4.74 Å². The van der Waals surface area contributed by atoms with E-state index < -0.39 is 0 Å². The molecule has 1 unspecified atom stereocenters. The summed E-state index contributed by atoms with van der Waals surface area (Å²) in [5.74, 6) is 0.689. The van der Waals surface area contributed by atoms with Gasteiger partial charge in [-0.25, -0.2) is 0 Å². The van der Waals surface area contributed by atoms with Gasteiger partial charge in [0.15, 0.2) is 0 Å². The van der Waals surface area contributed by atoms with Crippen LogP contribution >= 0.6 is 0 Å². The van der Waals surface area contributed by atoms with Crippen LogP contribution in [0.2, 0.25) is 0 Å². The molecule has 0 aromatic carbocycles. The number of hydrogen-bond acceptors (Lipinski definition) is 2. The molecule has 1 heterocycles. The molecule has 0 aliphatic carbocycles. The first kappa shape index (κ1) is 10.3. The van der Waals surface area contributed by atoms with Gasteiger partial charge in [-0.1, -0.05) is 19.9 Å². The molecule has 0 aromatic heterocycles. The van der Waals surface area contributed by atoms with Crippen LogP contribution in [0.4, 0.5) is 0 Å². The minimum Gasteiger partial charge on any atom is -0.458 e. The Bertz CT molecular complexity index is 194. The molecule has 1 saturated heterocycles. The third kappa shape index (κ3) is 4.11. The Kier molecular flexibility index (Phi) is 4.00. The molecule has 1 aliphatic heterocycles. The maximum atomic E-state index is 10.7. The van der Waals surface area contributed by atoms with E-state index in [1.165, 1.54) is 6.42 Å². The predicted octanol–water partition coefficient (Wildman–Crippen LogP) is 2.68. The average Bonchev–Trinajstić information content (AvgIpc) is 2.45. The van der Waals surface area contributed by atoms with Crippen molar-refractivity contribution in [3.05, 3.63) is 12.2 Å². The molecule has 0 spiro atoms. The Morgan fingerprint density at radius 3 is 2.92 bits per heavy atom. The van der Waals surface area contributed by atoms with Crippen LogP contribution in [0.25, 0.3) is 0 Å². The van der Waals surface area contributed by atoms with Gasteiger partial charge in [0.25, 0.3) is 0 Å². The van der Waals surface area contributed by atoms with E-state index in [4.69, 9.17) is 4.74 Å². The molecular weight excluding hydrogens is 164 g/mol. The number of hydrogen-bond donors (Lipinski definition) is 0.